The van der Waals surface area contributed by atoms with Gasteiger partial charge >= 0.3 is 6.18 Å². The Morgan fingerprint density at radius 3 is 2.32 bits per heavy atom. The topological polar surface area (TPSA) is 56.8 Å². The maximum absolute atomic E-state index is 13.9. The van der Waals surface area contributed by atoms with E-state index in [0.717, 1.165) is 43.4 Å². The van der Waals surface area contributed by atoms with Gasteiger partial charge in [0.25, 0.3) is 0 Å². The lowest BCUT2D eigenvalue weighted by molar-refractivity contribution is -0.138. The molecule has 0 amide bonds. The molecule has 1 aromatic heterocycles. The van der Waals surface area contributed by atoms with Gasteiger partial charge in [-0.05, 0) is 56.8 Å². The molecule has 0 saturated carbocycles. The van der Waals surface area contributed by atoms with Crippen molar-refractivity contribution in [2.45, 2.75) is 37.5 Å². The number of piperidine rings is 1. The minimum absolute atomic E-state index is 0.0739. The highest BCUT2D eigenvalue weighted by molar-refractivity contribution is 5.61. The predicted molar refractivity (Wildman–Crippen MR) is 138 cm³/mol. The van der Waals surface area contributed by atoms with Crippen molar-refractivity contribution in [2.75, 3.05) is 49.1 Å². The summed E-state index contributed by atoms with van der Waals surface area (Å²) in [6.07, 6.45) is -1.03. The zero-order valence-corrected chi connectivity index (χ0v) is 20.9. The van der Waals surface area contributed by atoms with Crippen LogP contribution in [-0.2, 0) is 11.0 Å². The molecule has 196 valence electrons. The lowest BCUT2D eigenvalue weighted by atomic mass is 10.0. The summed E-state index contributed by atoms with van der Waals surface area (Å²) in [5, 5.41) is 4.33. The molecule has 0 spiro atoms. The van der Waals surface area contributed by atoms with Gasteiger partial charge in [0.15, 0.2) is 5.82 Å². The molecule has 7 nitrogen and oxygen atoms in total. The van der Waals surface area contributed by atoms with Gasteiger partial charge in [-0.3, -0.25) is 4.84 Å². The van der Waals surface area contributed by atoms with Crippen molar-refractivity contribution in [1.29, 1.82) is 0 Å². The summed E-state index contributed by atoms with van der Waals surface area (Å²) < 4.78 is 41.7. The third-order valence-electron chi connectivity index (χ3n) is 7.06. The summed E-state index contributed by atoms with van der Waals surface area (Å²) in [5.74, 6) is -0.221. The molecule has 2 saturated heterocycles. The molecule has 0 bridgehead atoms. The van der Waals surface area contributed by atoms with Crippen LogP contribution in [0.3, 0.4) is 0 Å². The second kappa shape index (κ2) is 10.5. The zero-order chi connectivity index (χ0) is 26.0. The number of rotatable bonds is 6. The molecule has 10 heteroatoms. The van der Waals surface area contributed by atoms with Crippen LogP contribution in [0.2, 0.25) is 0 Å². The first kappa shape index (κ1) is 25.3. The van der Waals surface area contributed by atoms with Crippen molar-refractivity contribution < 1.29 is 18.0 Å². The molecule has 0 radical (unpaired) electrons. The maximum atomic E-state index is 13.9. The molecule has 3 aromatic rings. The van der Waals surface area contributed by atoms with Crippen molar-refractivity contribution in [3.05, 3.63) is 71.9 Å². The summed E-state index contributed by atoms with van der Waals surface area (Å²) in [5.41, 5.74) is 1.75. The Labute approximate surface area is 214 Å². The highest BCUT2D eigenvalue weighted by Gasteiger charge is 2.40. The standard InChI is InChI=1S/C27H31F3N6O/c1-34(2)21-12-15-35(16-13-21)22-10-8-20(9-11-22)32-26-31-18-23(27(28,29)30)25(33-26)36-24(14-17-37-36)19-6-4-3-5-7-19/h3-11,18,21,24H,12-17H2,1-2H3,(H,31,32,33)/t24-/m0/s1. The summed E-state index contributed by atoms with van der Waals surface area (Å²) in [4.78, 5) is 18.5. The third-order valence-corrected chi connectivity index (χ3v) is 7.06. The monoisotopic (exact) mass is 512 g/mol. The van der Waals surface area contributed by atoms with Crippen LogP contribution in [0.25, 0.3) is 0 Å². The molecule has 0 aliphatic carbocycles. The number of halogens is 3. The zero-order valence-electron chi connectivity index (χ0n) is 20.9. The van der Waals surface area contributed by atoms with Crippen LogP contribution in [0.1, 0.15) is 36.4 Å². The average Bonchev–Trinajstić information content (AvgIpc) is 3.39. The molecular formula is C27H31F3N6O. The van der Waals surface area contributed by atoms with Crippen molar-refractivity contribution in [3.8, 4) is 0 Å². The summed E-state index contributed by atoms with van der Waals surface area (Å²) in [6, 6.07) is 17.4. The Balaban J connectivity index is 1.35. The third kappa shape index (κ3) is 5.65. The number of benzene rings is 2. The van der Waals surface area contributed by atoms with Gasteiger partial charge in [-0.2, -0.15) is 18.2 Å². The molecule has 1 atom stereocenters. The van der Waals surface area contributed by atoms with E-state index >= 15 is 0 Å². The number of anilines is 4. The van der Waals surface area contributed by atoms with E-state index < -0.39 is 11.7 Å². The van der Waals surface area contributed by atoms with Crippen LogP contribution in [0.4, 0.5) is 36.3 Å². The van der Waals surface area contributed by atoms with Crippen molar-refractivity contribution in [1.82, 2.24) is 14.9 Å². The van der Waals surface area contributed by atoms with E-state index in [0.29, 0.717) is 24.8 Å². The van der Waals surface area contributed by atoms with Crippen LogP contribution in [0, 0.1) is 0 Å². The lowest BCUT2D eigenvalue weighted by Gasteiger charge is -2.36. The first-order valence-corrected chi connectivity index (χ1v) is 12.5. The van der Waals surface area contributed by atoms with E-state index in [9.17, 15) is 13.2 Å². The van der Waals surface area contributed by atoms with Gasteiger partial charge in [0.1, 0.15) is 5.56 Å². The first-order chi connectivity index (χ1) is 17.8. The molecule has 2 aliphatic heterocycles. The van der Waals surface area contributed by atoms with Crippen molar-refractivity contribution in [3.63, 3.8) is 0 Å². The largest absolute Gasteiger partial charge is 0.421 e. The smallest absolute Gasteiger partial charge is 0.371 e. The number of hydrogen-bond acceptors (Lipinski definition) is 7. The van der Waals surface area contributed by atoms with E-state index in [1.807, 2.05) is 54.6 Å². The minimum Gasteiger partial charge on any atom is -0.371 e. The number of nitrogens with one attached hydrogen (secondary N) is 1. The Hall–Kier alpha value is -3.37. The maximum Gasteiger partial charge on any atom is 0.421 e. The number of aromatic nitrogens is 2. The molecular weight excluding hydrogens is 481 g/mol. The molecule has 2 aliphatic rings. The fourth-order valence-electron chi connectivity index (χ4n) is 4.98. The van der Waals surface area contributed by atoms with Gasteiger partial charge in [0.2, 0.25) is 5.95 Å². The van der Waals surface area contributed by atoms with Crippen LogP contribution in [-0.4, -0.2) is 54.7 Å². The van der Waals surface area contributed by atoms with Crippen LogP contribution >= 0.6 is 0 Å². The predicted octanol–water partition coefficient (Wildman–Crippen LogP) is 5.65. The van der Waals surface area contributed by atoms with E-state index in [1.54, 1.807) is 0 Å². The van der Waals surface area contributed by atoms with Crippen molar-refractivity contribution in [2.24, 2.45) is 0 Å². The second-order valence-corrected chi connectivity index (χ2v) is 9.66. The second-order valence-electron chi connectivity index (χ2n) is 9.66. The Bertz CT molecular complexity index is 1180. The van der Waals surface area contributed by atoms with E-state index in [2.05, 4.69) is 39.2 Å². The van der Waals surface area contributed by atoms with Crippen LogP contribution < -0.4 is 15.3 Å². The first-order valence-electron chi connectivity index (χ1n) is 12.5. The SMILES string of the molecule is CN(C)C1CCN(c2ccc(Nc3ncc(C(F)(F)F)c(N4OCC[C@H]4c4ccccc4)n3)cc2)CC1. The molecule has 0 unspecified atom stereocenters. The van der Waals surface area contributed by atoms with Crippen LogP contribution in [0.5, 0.6) is 0 Å². The molecule has 1 N–H and O–H groups in total. The molecule has 2 aromatic carbocycles. The molecule has 3 heterocycles. The highest BCUT2D eigenvalue weighted by atomic mass is 19.4. The van der Waals surface area contributed by atoms with Gasteiger partial charge < -0.3 is 15.1 Å². The average molecular weight is 513 g/mol. The van der Waals surface area contributed by atoms with Gasteiger partial charge in [-0.1, -0.05) is 30.3 Å². The fourth-order valence-corrected chi connectivity index (χ4v) is 4.98. The molecule has 2 fully saturated rings. The summed E-state index contributed by atoms with van der Waals surface area (Å²) in [6.45, 7) is 2.27. The van der Waals surface area contributed by atoms with E-state index in [4.69, 9.17) is 4.84 Å². The molecule has 37 heavy (non-hydrogen) atoms. The van der Waals surface area contributed by atoms with Crippen LogP contribution in [0.15, 0.2) is 60.8 Å². The highest BCUT2D eigenvalue weighted by Crippen LogP contribution is 2.41. The van der Waals surface area contributed by atoms with Gasteiger partial charge in [-0.25, -0.2) is 10.0 Å². The van der Waals surface area contributed by atoms with E-state index in [-0.39, 0.29) is 17.8 Å². The summed E-state index contributed by atoms with van der Waals surface area (Å²) >= 11 is 0. The van der Waals surface area contributed by atoms with E-state index in [1.165, 1.54) is 5.06 Å². The Kier molecular flexibility index (Phi) is 7.21. The number of alkyl halides is 3. The fraction of sp³-hybridized carbons (Fsp3) is 0.407. The number of hydrogen-bond donors (Lipinski definition) is 1. The van der Waals surface area contributed by atoms with Gasteiger partial charge in [0, 0.05) is 43.1 Å². The summed E-state index contributed by atoms with van der Waals surface area (Å²) in [7, 11) is 4.24. The van der Waals surface area contributed by atoms with Crippen molar-refractivity contribution >= 4 is 23.1 Å². The Morgan fingerprint density at radius 1 is 0.973 bits per heavy atom. The quantitative estimate of drug-likeness (QED) is 0.458. The van der Waals surface area contributed by atoms with Gasteiger partial charge in [0.05, 0.1) is 12.6 Å². The number of nitrogens with zero attached hydrogens (tertiary/aromatic N) is 5. The lowest BCUT2D eigenvalue weighted by Crippen LogP contribution is -2.41. The Morgan fingerprint density at radius 2 is 1.68 bits per heavy atom. The normalized spacial score (nSPS) is 19.0. The molecule has 5 rings (SSSR count). The van der Waals surface area contributed by atoms with Gasteiger partial charge in [-0.15, -0.1) is 0 Å². The minimum atomic E-state index is -4.62. The number of hydroxylamine groups is 1.